The summed E-state index contributed by atoms with van der Waals surface area (Å²) in [5, 5.41) is 0. The first-order chi connectivity index (χ1) is 9.15. The first-order valence-corrected chi connectivity index (χ1v) is 8.16. The van der Waals surface area contributed by atoms with E-state index in [1.165, 1.54) is 14.0 Å². The molecule has 0 saturated carbocycles. The normalized spacial score (nSPS) is 10.4. The summed E-state index contributed by atoms with van der Waals surface area (Å²) in [6.45, 7) is 2.08. The third-order valence-electron chi connectivity index (χ3n) is 2.80. The third kappa shape index (κ3) is 4.66. The van der Waals surface area contributed by atoms with Crippen LogP contribution in [0.1, 0.15) is 11.1 Å². The number of ketones is 1. The van der Waals surface area contributed by atoms with Crippen molar-refractivity contribution in [2.75, 3.05) is 5.75 Å². The molecule has 0 aromatic heterocycles. The summed E-state index contributed by atoms with van der Waals surface area (Å²) in [6.07, 6.45) is 0.524. The number of aryl methyl sites for hydroxylation is 1. The zero-order chi connectivity index (χ0) is 13.7. The van der Waals surface area contributed by atoms with Crippen molar-refractivity contribution in [3.63, 3.8) is 0 Å². The Labute approximate surface area is 131 Å². The Bertz CT molecular complexity index is 563. The molecule has 98 valence electrons. The van der Waals surface area contributed by atoms with Crippen molar-refractivity contribution < 1.29 is 4.79 Å². The summed E-state index contributed by atoms with van der Waals surface area (Å²) in [6, 6.07) is 16.3. The van der Waals surface area contributed by atoms with E-state index in [1.807, 2.05) is 36.4 Å². The van der Waals surface area contributed by atoms with Crippen molar-refractivity contribution in [2.45, 2.75) is 18.2 Å². The Hall–Kier alpha value is -0.810. The Morgan fingerprint density at radius 2 is 1.79 bits per heavy atom. The van der Waals surface area contributed by atoms with Crippen molar-refractivity contribution in [2.24, 2.45) is 0 Å². The fourth-order valence-corrected chi connectivity index (χ4v) is 3.01. The molecule has 0 saturated heterocycles. The molecular weight excluding hydrogens is 367 g/mol. The lowest BCUT2D eigenvalue weighted by atomic mass is 10.1. The van der Waals surface area contributed by atoms with E-state index in [-0.39, 0.29) is 5.78 Å². The minimum atomic E-state index is 0.273. The standard InChI is InChI=1S/C16H15IOS/c1-12-4-2-3-5-16(12)19-11-15(18)10-13-6-8-14(17)9-7-13/h2-9H,10-11H2,1H3. The van der Waals surface area contributed by atoms with Crippen LogP contribution >= 0.6 is 34.4 Å². The van der Waals surface area contributed by atoms with Gasteiger partial charge >= 0.3 is 0 Å². The van der Waals surface area contributed by atoms with Crippen molar-refractivity contribution in [1.29, 1.82) is 0 Å². The molecule has 1 nitrogen and oxygen atoms in total. The van der Waals surface area contributed by atoms with Gasteiger partial charge in [0.15, 0.2) is 0 Å². The van der Waals surface area contributed by atoms with E-state index in [0.29, 0.717) is 12.2 Å². The molecule has 19 heavy (non-hydrogen) atoms. The van der Waals surface area contributed by atoms with Crippen LogP contribution in [0.4, 0.5) is 0 Å². The number of rotatable bonds is 5. The molecule has 0 amide bonds. The summed E-state index contributed by atoms with van der Waals surface area (Å²) in [5.41, 5.74) is 2.32. The number of benzene rings is 2. The predicted molar refractivity (Wildman–Crippen MR) is 89.8 cm³/mol. The highest BCUT2D eigenvalue weighted by Crippen LogP contribution is 2.22. The lowest BCUT2D eigenvalue weighted by molar-refractivity contribution is -0.116. The van der Waals surface area contributed by atoms with Gasteiger partial charge in [-0.05, 0) is 58.8 Å². The van der Waals surface area contributed by atoms with Crippen LogP contribution in [0.15, 0.2) is 53.4 Å². The Morgan fingerprint density at radius 1 is 1.11 bits per heavy atom. The number of Topliss-reactive ketones (excluding diaryl/α,β-unsaturated/α-hetero) is 1. The zero-order valence-corrected chi connectivity index (χ0v) is 13.7. The van der Waals surface area contributed by atoms with E-state index < -0.39 is 0 Å². The molecule has 0 aliphatic heterocycles. The smallest absolute Gasteiger partial charge is 0.147 e. The van der Waals surface area contributed by atoms with E-state index in [0.717, 1.165) is 5.56 Å². The molecule has 0 N–H and O–H groups in total. The summed E-state index contributed by atoms with van der Waals surface area (Å²) < 4.78 is 1.20. The quantitative estimate of drug-likeness (QED) is 0.560. The van der Waals surface area contributed by atoms with E-state index in [1.54, 1.807) is 11.8 Å². The molecule has 2 aromatic rings. The van der Waals surface area contributed by atoms with Crippen molar-refractivity contribution in [3.8, 4) is 0 Å². The SMILES string of the molecule is Cc1ccccc1SCC(=O)Cc1ccc(I)cc1. The van der Waals surface area contributed by atoms with Crippen molar-refractivity contribution in [3.05, 3.63) is 63.2 Å². The van der Waals surface area contributed by atoms with Crippen LogP contribution in [0.3, 0.4) is 0 Å². The second kappa shape index (κ2) is 7.10. The average molecular weight is 382 g/mol. The summed E-state index contributed by atoms with van der Waals surface area (Å²) in [4.78, 5) is 13.2. The highest BCUT2D eigenvalue weighted by Gasteiger charge is 2.06. The van der Waals surface area contributed by atoms with Gasteiger partial charge in [0.1, 0.15) is 5.78 Å². The summed E-state index contributed by atoms with van der Waals surface area (Å²) >= 11 is 3.90. The number of hydrogen-bond donors (Lipinski definition) is 0. The molecule has 0 unspecified atom stereocenters. The van der Waals surface area contributed by atoms with Crippen LogP contribution in [-0.2, 0) is 11.2 Å². The van der Waals surface area contributed by atoms with Gasteiger partial charge in [0.25, 0.3) is 0 Å². The van der Waals surface area contributed by atoms with Gasteiger partial charge in [0.2, 0.25) is 0 Å². The van der Waals surface area contributed by atoms with Gasteiger partial charge in [-0.25, -0.2) is 0 Å². The second-order valence-corrected chi connectivity index (χ2v) is 6.66. The molecule has 3 heteroatoms. The molecule has 0 aliphatic rings. The van der Waals surface area contributed by atoms with E-state index >= 15 is 0 Å². The number of halogens is 1. The minimum absolute atomic E-state index is 0.273. The van der Waals surface area contributed by atoms with Gasteiger partial charge in [-0.1, -0.05) is 30.3 Å². The Morgan fingerprint density at radius 3 is 2.47 bits per heavy atom. The van der Waals surface area contributed by atoms with Crippen LogP contribution in [-0.4, -0.2) is 11.5 Å². The van der Waals surface area contributed by atoms with Crippen LogP contribution < -0.4 is 0 Å². The minimum Gasteiger partial charge on any atom is -0.298 e. The molecule has 2 rings (SSSR count). The predicted octanol–water partition coefficient (Wildman–Crippen LogP) is 4.50. The molecule has 0 fully saturated rings. The average Bonchev–Trinajstić information content (AvgIpc) is 2.40. The second-order valence-electron chi connectivity index (χ2n) is 4.40. The van der Waals surface area contributed by atoms with E-state index in [9.17, 15) is 4.79 Å². The Kier molecular flexibility index (Phi) is 5.45. The monoisotopic (exact) mass is 382 g/mol. The lowest BCUT2D eigenvalue weighted by Crippen LogP contribution is -2.05. The first-order valence-electron chi connectivity index (χ1n) is 6.10. The number of carbonyl (C=O) groups excluding carboxylic acids is 1. The maximum absolute atomic E-state index is 12.0. The molecule has 0 bridgehead atoms. The van der Waals surface area contributed by atoms with Gasteiger partial charge in [-0.2, -0.15) is 0 Å². The Balaban J connectivity index is 1.88. The van der Waals surface area contributed by atoms with E-state index in [4.69, 9.17) is 0 Å². The van der Waals surface area contributed by atoms with E-state index in [2.05, 4.69) is 41.6 Å². The maximum Gasteiger partial charge on any atom is 0.147 e. The molecule has 0 radical (unpaired) electrons. The molecular formula is C16H15IOS. The topological polar surface area (TPSA) is 17.1 Å². The van der Waals surface area contributed by atoms with Crippen LogP contribution in [0.25, 0.3) is 0 Å². The lowest BCUT2D eigenvalue weighted by Gasteiger charge is -2.05. The molecule has 0 atom stereocenters. The third-order valence-corrected chi connectivity index (χ3v) is 4.75. The molecule has 0 aliphatic carbocycles. The highest BCUT2D eigenvalue weighted by atomic mass is 127. The van der Waals surface area contributed by atoms with Gasteiger partial charge in [0, 0.05) is 14.9 Å². The largest absolute Gasteiger partial charge is 0.298 e. The van der Waals surface area contributed by atoms with Crippen LogP contribution in [0, 0.1) is 10.5 Å². The fourth-order valence-electron chi connectivity index (χ4n) is 1.76. The number of thioether (sulfide) groups is 1. The summed E-state index contributed by atoms with van der Waals surface area (Å²) in [7, 11) is 0. The van der Waals surface area contributed by atoms with Crippen molar-refractivity contribution >= 4 is 40.1 Å². The van der Waals surface area contributed by atoms with Crippen LogP contribution in [0.2, 0.25) is 0 Å². The molecule has 2 aromatic carbocycles. The van der Waals surface area contributed by atoms with Crippen molar-refractivity contribution in [1.82, 2.24) is 0 Å². The maximum atomic E-state index is 12.0. The van der Waals surface area contributed by atoms with Crippen LogP contribution in [0.5, 0.6) is 0 Å². The van der Waals surface area contributed by atoms with Gasteiger partial charge in [0.05, 0.1) is 5.75 Å². The van der Waals surface area contributed by atoms with Gasteiger partial charge in [-0.15, -0.1) is 11.8 Å². The fraction of sp³-hybridized carbons (Fsp3) is 0.188. The van der Waals surface area contributed by atoms with Gasteiger partial charge in [-0.3, -0.25) is 4.79 Å². The summed E-state index contributed by atoms with van der Waals surface area (Å²) in [5.74, 6) is 0.811. The number of hydrogen-bond acceptors (Lipinski definition) is 2. The van der Waals surface area contributed by atoms with Gasteiger partial charge < -0.3 is 0 Å². The first kappa shape index (κ1) is 14.6. The molecule has 0 heterocycles. The highest BCUT2D eigenvalue weighted by molar-refractivity contribution is 14.1. The zero-order valence-electron chi connectivity index (χ0n) is 10.7. The molecule has 0 spiro atoms. The number of carbonyl (C=O) groups is 1.